The lowest BCUT2D eigenvalue weighted by molar-refractivity contribution is -0.0397. The lowest BCUT2D eigenvalue weighted by Crippen LogP contribution is -2.40. The Morgan fingerprint density at radius 2 is 2.07 bits per heavy atom. The number of hydrogen-bond acceptors (Lipinski definition) is 5. The number of hydrogen-bond donors (Lipinski definition) is 1. The summed E-state index contributed by atoms with van der Waals surface area (Å²) in [6.45, 7) is 0.767. The molecule has 0 spiro atoms. The largest absolute Gasteiger partial charge is 0.389 e. The Hall–Kier alpha value is -2.54. The first kappa shape index (κ1) is 19.4. The number of aliphatic hydroxyl groups excluding tert-OH is 1. The molecule has 0 radical (unpaired) electrons. The fourth-order valence-electron chi connectivity index (χ4n) is 4.61. The molecule has 1 aliphatic carbocycles. The van der Waals surface area contributed by atoms with Crippen LogP contribution in [0.2, 0.25) is 5.15 Å². The maximum absolute atomic E-state index is 13.5. The van der Waals surface area contributed by atoms with Gasteiger partial charge in [-0.3, -0.25) is 9.36 Å². The Morgan fingerprint density at radius 3 is 2.87 bits per heavy atom. The molecule has 0 saturated carbocycles. The molecule has 3 aromatic rings. The lowest BCUT2D eigenvalue weighted by atomic mass is 9.78. The quantitative estimate of drug-likeness (QED) is 0.655. The topological polar surface area (TPSA) is 77.2 Å². The molecule has 1 fully saturated rings. The van der Waals surface area contributed by atoms with E-state index in [1.54, 1.807) is 23.2 Å². The first-order valence-corrected chi connectivity index (χ1v) is 10.5. The van der Waals surface area contributed by atoms with Crippen LogP contribution >= 0.6 is 11.6 Å². The molecule has 1 unspecified atom stereocenters. The van der Waals surface area contributed by atoms with Gasteiger partial charge in [-0.15, -0.1) is 0 Å². The number of aliphatic hydroxyl groups is 1. The zero-order valence-corrected chi connectivity index (χ0v) is 17.1. The number of halogens is 1. The average molecular weight is 424 g/mol. The van der Waals surface area contributed by atoms with Crippen molar-refractivity contribution in [2.45, 2.75) is 37.3 Å². The van der Waals surface area contributed by atoms with Crippen molar-refractivity contribution >= 4 is 11.6 Å². The third-order valence-electron chi connectivity index (χ3n) is 6.11. The highest BCUT2D eigenvalue weighted by molar-refractivity contribution is 6.29. The highest BCUT2D eigenvalue weighted by Crippen LogP contribution is 2.39. The molecule has 154 valence electrons. The normalized spacial score (nSPS) is 22.9. The summed E-state index contributed by atoms with van der Waals surface area (Å²) in [4.78, 5) is 22.3. The van der Waals surface area contributed by atoms with Gasteiger partial charge < -0.3 is 9.84 Å². The molecule has 3 heterocycles. The van der Waals surface area contributed by atoms with Crippen LogP contribution in [0.1, 0.15) is 35.1 Å². The van der Waals surface area contributed by atoms with Crippen LogP contribution in [0.3, 0.4) is 0 Å². The van der Waals surface area contributed by atoms with Crippen molar-refractivity contribution in [3.05, 3.63) is 81.1 Å². The van der Waals surface area contributed by atoms with E-state index in [1.165, 1.54) is 5.56 Å². The third kappa shape index (κ3) is 3.45. The maximum atomic E-state index is 13.5. The van der Waals surface area contributed by atoms with E-state index in [2.05, 4.69) is 16.0 Å². The van der Waals surface area contributed by atoms with Crippen LogP contribution in [-0.2, 0) is 17.6 Å². The first-order valence-electron chi connectivity index (χ1n) is 10.2. The van der Waals surface area contributed by atoms with Crippen molar-refractivity contribution in [2.24, 2.45) is 0 Å². The summed E-state index contributed by atoms with van der Waals surface area (Å²) in [7, 11) is 0. The third-order valence-corrected chi connectivity index (χ3v) is 6.34. The van der Waals surface area contributed by atoms with E-state index in [9.17, 15) is 9.90 Å². The minimum atomic E-state index is -0.705. The van der Waals surface area contributed by atoms with E-state index in [4.69, 9.17) is 16.3 Å². The Bertz CT molecular complexity index is 1130. The zero-order chi connectivity index (χ0) is 20.7. The Kier molecular flexibility index (Phi) is 5.15. The number of nitrogens with zero attached hydrogens (tertiary/aromatic N) is 3. The summed E-state index contributed by atoms with van der Waals surface area (Å²) in [6.07, 6.45) is 4.62. The van der Waals surface area contributed by atoms with Gasteiger partial charge in [-0.2, -0.15) is 0 Å². The predicted octanol–water partition coefficient (Wildman–Crippen LogP) is 3.16. The van der Waals surface area contributed by atoms with Crippen LogP contribution in [0.4, 0.5) is 0 Å². The number of fused-ring (bicyclic) bond motifs is 3. The second-order valence-corrected chi connectivity index (χ2v) is 8.35. The number of benzene rings is 1. The molecule has 1 saturated heterocycles. The van der Waals surface area contributed by atoms with E-state index in [0.717, 1.165) is 23.2 Å². The minimum Gasteiger partial charge on any atom is -0.389 e. The Morgan fingerprint density at radius 1 is 1.20 bits per heavy atom. The van der Waals surface area contributed by atoms with E-state index in [0.29, 0.717) is 30.2 Å². The molecule has 1 N–H and O–H groups in total. The minimum absolute atomic E-state index is 0.0697. The number of ether oxygens (including phenoxy) is 1. The molecule has 0 amide bonds. The molecular weight excluding hydrogens is 402 g/mol. The summed E-state index contributed by atoms with van der Waals surface area (Å²) in [5.41, 5.74) is 4.66. The van der Waals surface area contributed by atoms with Gasteiger partial charge in [-0.1, -0.05) is 41.9 Å². The molecular formula is C23H22ClN3O3. The van der Waals surface area contributed by atoms with Crippen LogP contribution in [0, 0.1) is 0 Å². The van der Waals surface area contributed by atoms with Crippen molar-refractivity contribution < 1.29 is 9.84 Å². The average Bonchev–Trinajstić information content (AvgIpc) is 2.77. The van der Waals surface area contributed by atoms with Crippen LogP contribution in [0.5, 0.6) is 0 Å². The molecule has 0 bridgehead atoms. The van der Waals surface area contributed by atoms with Gasteiger partial charge in [0.25, 0.3) is 5.56 Å². The molecule has 30 heavy (non-hydrogen) atoms. The van der Waals surface area contributed by atoms with Crippen LogP contribution in [0.25, 0.3) is 11.3 Å². The van der Waals surface area contributed by atoms with Crippen molar-refractivity contribution in [2.75, 3.05) is 13.2 Å². The number of aromatic nitrogens is 3. The standard InChI is InChI=1S/C23H22ClN3O3/c24-21-6-5-14(11-25-21)9-15-10-18-22(17-4-2-1-3-16(15)17)26-13-27(23(18)29)19-7-8-30-12-20(19)28/h1-6,11,13,15,19-20,28H,7-10,12H2/t15?,19-,20-/m0/s1. The lowest BCUT2D eigenvalue weighted by Gasteiger charge is -2.31. The highest BCUT2D eigenvalue weighted by Gasteiger charge is 2.31. The van der Waals surface area contributed by atoms with Crippen molar-refractivity contribution in [1.29, 1.82) is 0 Å². The van der Waals surface area contributed by atoms with Gasteiger partial charge in [-0.25, -0.2) is 9.97 Å². The van der Waals surface area contributed by atoms with Gasteiger partial charge in [0.2, 0.25) is 0 Å². The summed E-state index contributed by atoms with van der Waals surface area (Å²) in [6, 6.07) is 11.6. The van der Waals surface area contributed by atoms with Gasteiger partial charge >= 0.3 is 0 Å². The molecule has 3 atom stereocenters. The zero-order valence-electron chi connectivity index (χ0n) is 16.4. The number of rotatable bonds is 3. The summed E-state index contributed by atoms with van der Waals surface area (Å²) >= 11 is 5.93. The van der Waals surface area contributed by atoms with Crippen molar-refractivity contribution in [1.82, 2.24) is 14.5 Å². The molecule has 2 aliphatic rings. The highest BCUT2D eigenvalue weighted by atomic mass is 35.5. The van der Waals surface area contributed by atoms with Gasteiger partial charge in [0.05, 0.1) is 30.8 Å². The first-order chi connectivity index (χ1) is 14.6. The van der Waals surface area contributed by atoms with Crippen molar-refractivity contribution in [3.63, 3.8) is 0 Å². The van der Waals surface area contributed by atoms with Gasteiger partial charge in [0.1, 0.15) is 5.15 Å². The molecule has 1 aliphatic heterocycles. The van der Waals surface area contributed by atoms with Gasteiger partial charge in [-0.05, 0) is 42.4 Å². The van der Waals surface area contributed by atoms with E-state index < -0.39 is 6.10 Å². The molecule has 5 rings (SSSR count). The maximum Gasteiger partial charge on any atom is 0.257 e. The summed E-state index contributed by atoms with van der Waals surface area (Å²) in [5, 5.41) is 10.8. The fraction of sp³-hybridized carbons (Fsp3) is 0.348. The van der Waals surface area contributed by atoms with E-state index >= 15 is 0 Å². The second kappa shape index (κ2) is 7.95. The molecule has 6 nitrogen and oxygen atoms in total. The summed E-state index contributed by atoms with van der Waals surface area (Å²) in [5.74, 6) is 0.140. The van der Waals surface area contributed by atoms with Crippen LogP contribution < -0.4 is 5.56 Å². The smallest absolute Gasteiger partial charge is 0.257 e. The summed E-state index contributed by atoms with van der Waals surface area (Å²) < 4.78 is 6.92. The molecule has 1 aromatic carbocycles. The van der Waals surface area contributed by atoms with Gasteiger partial charge in [0, 0.05) is 23.9 Å². The Labute approximate surface area is 179 Å². The monoisotopic (exact) mass is 423 g/mol. The predicted molar refractivity (Wildman–Crippen MR) is 114 cm³/mol. The molecule has 2 aromatic heterocycles. The van der Waals surface area contributed by atoms with E-state index in [1.807, 2.05) is 24.3 Å². The SMILES string of the molecule is O=c1c2c(ncn1[C@H]1CCOC[C@@H]1O)-c1ccccc1C(Cc1ccc(Cl)nc1)C2. The fourth-order valence-corrected chi connectivity index (χ4v) is 4.73. The van der Waals surface area contributed by atoms with Crippen LogP contribution in [0.15, 0.2) is 53.7 Å². The van der Waals surface area contributed by atoms with Gasteiger partial charge in [0.15, 0.2) is 0 Å². The number of pyridine rings is 1. The van der Waals surface area contributed by atoms with Crippen LogP contribution in [-0.4, -0.2) is 39.0 Å². The molecule has 7 heteroatoms. The second-order valence-electron chi connectivity index (χ2n) is 7.96. The van der Waals surface area contributed by atoms with E-state index in [-0.39, 0.29) is 24.1 Å². The van der Waals surface area contributed by atoms with Crippen molar-refractivity contribution in [3.8, 4) is 11.3 Å². The Balaban J connectivity index is 1.56.